The zero-order chi connectivity index (χ0) is 15.5. The zero-order valence-electron chi connectivity index (χ0n) is 13.0. The fourth-order valence-electron chi connectivity index (χ4n) is 2.52. The SMILES string of the molecule is CCOC(=O)C(C)(C)C(=O)CN1CCc2ccccc2C1. The molecule has 0 radical (unpaired) electrons. The summed E-state index contributed by atoms with van der Waals surface area (Å²) < 4.78 is 4.99. The summed E-state index contributed by atoms with van der Waals surface area (Å²) >= 11 is 0. The molecule has 21 heavy (non-hydrogen) atoms. The Hall–Kier alpha value is -1.68. The van der Waals surface area contributed by atoms with E-state index in [2.05, 4.69) is 17.0 Å². The monoisotopic (exact) mass is 289 g/mol. The molecule has 0 fully saturated rings. The van der Waals surface area contributed by atoms with Crippen LogP contribution in [0.1, 0.15) is 31.9 Å². The maximum atomic E-state index is 12.4. The van der Waals surface area contributed by atoms with Gasteiger partial charge in [0.15, 0.2) is 5.78 Å². The van der Waals surface area contributed by atoms with Crippen molar-refractivity contribution in [3.05, 3.63) is 35.4 Å². The first kappa shape index (κ1) is 15.7. The standard InChI is InChI=1S/C17H23NO3/c1-4-21-16(20)17(2,3)15(19)12-18-10-9-13-7-5-6-8-14(13)11-18/h5-8H,4,9-12H2,1-3H3. The van der Waals surface area contributed by atoms with Crippen molar-refractivity contribution in [3.8, 4) is 0 Å². The molecule has 4 heteroatoms. The molecule has 1 aromatic carbocycles. The maximum Gasteiger partial charge on any atom is 0.319 e. The smallest absolute Gasteiger partial charge is 0.319 e. The lowest BCUT2D eigenvalue weighted by atomic mass is 9.87. The van der Waals surface area contributed by atoms with Crippen molar-refractivity contribution < 1.29 is 14.3 Å². The number of benzene rings is 1. The lowest BCUT2D eigenvalue weighted by Crippen LogP contribution is -2.43. The van der Waals surface area contributed by atoms with Crippen LogP contribution in [-0.4, -0.2) is 36.3 Å². The van der Waals surface area contributed by atoms with E-state index in [1.54, 1.807) is 20.8 Å². The third kappa shape index (κ3) is 3.50. The Kier molecular flexibility index (Phi) is 4.78. The number of esters is 1. The van der Waals surface area contributed by atoms with Gasteiger partial charge in [-0.2, -0.15) is 0 Å². The van der Waals surface area contributed by atoms with Gasteiger partial charge in [0.05, 0.1) is 13.2 Å². The van der Waals surface area contributed by atoms with E-state index in [-0.39, 0.29) is 5.78 Å². The summed E-state index contributed by atoms with van der Waals surface area (Å²) in [7, 11) is 0. The Bertz CT molecular complexity index is 537. The largest absolute Gasteiger partial charge is 0.465 e. The molecule has 1 aliphatic rings. The van der Waals surface area contributed by atoms with Gasteiger partial charge in [0.1, 0.15) is 5.41 Å². The number of rotatable bonds is 5. The predicted octanol–water partition coefficient (Wildman–Crippen LogP) is 2.20. The average Bonchev–Trinajstić information content (AvgIpc) is 2.47. The van der Waals surface area contributed by atoms with Crippen LogP contribution in [-0.2, 0) is 27.3 Å². The van der Waals surface area contributed by atoms with E-state index >= 15 is 0 Å². The van der Waals surface area contributed by atoms with Gasteiger partial charge in [-0.1, -0.05) is 24.3 Å². The fraction of sp³-hybridized carbons (Fsp3) is 0.529. The van der Waals surface area contributed by atoms with Crippen LogP contribution in [0, 0.1) is 5.41 Å². The minimum atomic E-state index is -1.08. The number of ketones is 1. The normalized spacial score (nSPS) is 15.4. The minimum absolute atomic E-state index is 0.0830. The third-order valence-corrected chi connectivity index (χ3v) is 4.06. The molecule has 0 bridgehead atoms. The highest BCUT2D eigenvalue weighted by Crippen LogP contribution is 2.23. The van der Waals surface area contributed by atoms with Gasteiger partial charge in [-0.3, -0.25) is 14.5 Å². The summed E-state index contributed by atoms with van der Waals surface area (Å²) in [5, 5.41) is 0. The van der Waals surface area contributed by atoms with Crippen LogP contribution in [0.15, 0.2) is 24.3 Å². The van der Waals surface area contributed by atoms with Crippen LogP contribution in [0.4, 0.5) is 0 Å². The average molecular weight is 289 g/mol. The van der Waals surface area contributed by atoms with Crippen molar-refractivity contribution in [2.45, 2.75) is 33.7 Å². The molecule has 2 rings (SSSR count). The first-order valence-corrected chi connectivity index (χ1v) is 7.44. The molecule has 4 nitrogen and oxygen atoms in total. The lowest BCUT2D eigenvalue weighted by molar-refractivity contribution is -0.158. The highest BCUT2D eigenvalue weighted by molar-refractivity contribution is 6.03. The van der Waals surface area contributed by atoms with E-state index in [0.717, 1.165) is 19.5 Å². The van der Waals surface area contributed by atoms with Crippen molar-refractivity contribution in [1.29, 1.82) is 0 Å². The van der Waals surface area contributed by atoms with E-state index in [1.807, 2.05) is 12.1 Å². The summed E-state index contributed by atoms with van der Waals surface area (Å²) in [6.07, 6.45) is 0.948. The van der Waals surface area contributed by atoms with E-state index in [4.69, 9.17) is 4.74 Å². The number of carbonyl (C=O) groups is 2. The molecular weight excluding hydrogens is 266 g/mol. The Morgan fingerprint density at radius 1 is 1.24 bits per heavy atom. The molecule has 0 amide bonds. The molecule has 0 unspecified atom stereocenters. The van der Waals surface area contributed by atoms with Crippen LogP contribution in [0.25, 0.3) is 0 Å². The summed E-state index contributed by atoms with van der Waals surface area (Å²) in [4.78, 5) is 26.4. The van der Waals surface area contributed by atoms with E-state index in [0.29, 0.717) is 13.2 Å². The van der Waals surface area contributed by atoms with Crippen molar-refractivity contribution >= 4 is 11.8 Å². The number of nitrogens with zero attached hydrogens (tertiary/aromatic N) is 1. The van der Waals surface area contributed by atoms with Crippen molar-refractivity contribution in [2.24, 2.45) is 5.41 Å². The van der Waals surface area contributed by atoms with Gasteiger partial charge in [-0.15, -0.1) is 0 Å². The molecule has 1 aliphatic heterocycles. The molecule has 1 aromatic rings. The summed E-state index contributed by atoms with van der Waals surface area (Å²) in [5.74, 6) is -0.521. The highest BCUT2D eigenvalue weighted by atomic mass is 16.5. The van der Waals surface area contributed by atoms with Crippen LogP contribution >= 0.6 is 0 Å². The van der Waals surface area contributed by atoms with Gasteiger partial charge >= 0.3 is 5.97 Å². The topological polar surface area (TPSA) is 46.6 Å². The van der Waals surface area contributed by atoms with Gasteiger partial charge < -0.3 is 4.74 Å². The molecule has 0 saturated heterocycles. The molecule has 0 aromatic heterocycles. The second-order valence-corrected chi connectivity index (χ2v) is 6.00. The van der Waals surface area contributed by atoms with Crippen LogP contribution in [0.5, 0.6) is 0 Å². The zero-order valence-corrected chi connectivity index (χ0v) is 13.0. The number of ether oxygens (including phenoxy) is 1. The molecule has 0 aliphatic carbocycles. The first-order valence-electron chi connectivity index (χ1n) is 7.44. The minimum Gasteiger partial charge on any atom is -0.465 e. The lowest BCUT2D eigenvalue weighted by Gasteiger charge is -2.30. The van der Waals surface area contributed by atoms with E-state index in [9.17, 15) is 9.59 Å². The maximum absolute atomic E-state index is 12.4. The second kappa shape index (κ2) is 6.39. The molecule has 114 valence electrons. The van der Waals surface area contributed by atoms with Gasteiger partial charge in [0.25, 0.3) is 0 Å². The molecule has 0 saturated carbocycles. The molecule has 0 spiro atoms. The number of hydrogen-bond acceptors (Lipinski definition) is 4. The van der Waals surface area contributed by atoms with Crippen molar-refractivity contribution in [2.75, 3.05) is 19.7 Å². The van der Waals surface area contributed by atoms with Crippen molar-refractivity contribution in [1.82, 2.24) is 4.90 Å². The summed E-state index contributed by atoms with van der Waals surface area (Å²) in [6, 6.07) is 8.30. The Morgan fingerprint density at radius 2 is 1.90 bits per heavy atom. The first-order chi connectivity index (χ1) is 9.95. The summed E-state index contributed by atoms with van der Waals surface area (Å²) in [6.45, 7) is 7.24. The van der Waals surface area contributed by atoms with Gasteiger partial charge in [0, 0.05) is 13.1 Å². The predicted molar refractivity (Wildman–Crippen MR) is 80.8 cm³/mol. The van der Waals surface area contributed by atoms with Gasteiger partial charge in [-0.25, -0.2) is 0 Å². The highest BCUT2D eigenvalue weighted by Gasteiger charge is 2.38. The quantitative estimate of drug-likeness (QED) is 0.616. The Labute approximate surface area is 126 Å². The van der Waals surface area contributed by atoms with Gasteiger partial charge in [-0.05, 0) is 38.3 Å². The molecular formula is C17H23NO3. The number of hydrogen-bond donors (Lipinski definition) is 0. The van der Waals surface area contributed by atoms with Gasteiger partial charge in [0.2, 0.25) is 0 Å². The number of carbonyl (C=O) groups excluding carboxylic acids is 2. The molecule has 0 atom stereocenters. The second-order valence-electron chi connectivity index (χ2n) is 6.00. The third-order valence-electron chi connectivity index (χ3n) is 4.06. The number of fused-ring (bicyclic) bond motifs is 1. The Morgan fingerprint density at radius 3 is 2.57 bits per heavy atom. The van der Waals surface area contributed by atoms with Crippen LogP contribution in [0.3, 0.4) is 0 Å². The van der Waals surface area contributed by atoms with Crippen LogP contribution in [0.2, 0.25) is 0 Å². The van der Waals surface area contributed by atoms with E-state index in [1.165, 1.54) is 11.1 Å². The van der Waals surface area contributed by atoms with E-state index < -0.39 is 11.4 Å². The fourth-order valence-corrected chi connectivity index (χ4v) is 2.52. The van der Waals surface area contributed by atoms with Crippen LogP contribution < -0.4 is 0 Å². The summed E-state index contributed by atoms with van der Waals surface area (Å²) in [5.41, 5.74) is 1.55. The van der Waals surface area contributed by atoms with Crippen molar-refractivity contribution in [3.63, 3.8) is 0 Å². The Balaban J connectivity index is 2.00. The number of Topliss-reactive ketones (excluding diaryl/α,β-unsaturated/α-hetero) is 1. The molecule has 1 heterocycles. The molecule has 0 N–H and O–H groups in total.